The van der Waals surface area contributed by atoms with E-state index >= 15 is 0 Å². The monoisotopic (exact) mass is 250 g/mol. The Bertz CT molecular complexity index is 518. The summed E-state index contributed by atoms with van der Waals surface area (Å²) < 4.78 is 5.06. The lowest BCUT2D eigenvalue weighted by atomic mass is 10.2. The molecule has 1 heterocycles. The van der Waals surface area contributed by atoms with Crippen LogP contribution in [0.5, 0.6) is 11.6 Å². The van der Waals surface area contributed by atoms with Crippen molar-refractivity contribution < 1.29 is 9.84 Å². The van der Waals surface area contributed by atoms with Crippen LogP contribution in [0.4, 0.5) is 0 Å². The topological polar surface area (TPSA) is 55.2 Å². The summed E-state index contributed by atoms with van der Waals surface area (Å²) in [6, 6.07) is 7.25. The zero-order chi connectivity index (χ0) is 12.4. The van der Waals surface area contributed by atoms with Gasteiger partial charge in [-0.2, -0.15) is 4.98 Å². The molecule has 0 saturated carbocycles. The van der Waals surface area contributed by atoms with Crippen molar-refractivity contribution >= 4 is 11.6 Å². The van der Waals surface area contributed by atoms with Crippen LogP contribution in [0.1, 0.15) is 5.69 Å². The summed E-state index contributed by atoms with van der Waals surface area (Å²) in [7, 11) is 1.60. The van der Waals surface area contributed by atoms with E-state index in [4.69, 9.17) is 16.3 Å². The van der Waals surface area contributed by atoms with Gasteiger partial charge in [-0.05, 0) is 31.2 Å². The number of benzene rings is 1. The molecule has 1 aromatic carbocycles. The van der Waals surface area contributed by atoms with Gasteiger partial charge in [0.15, 0.2) is 5.82 Å². The number of aromatic nitrogens is 2. The van der Waals surface area contributed by atoms with E-state index in [1.54, 1.807) is 26.2 Å². The first-order chi connectivity index (χ1) is 8.11. The van der Waals surface area contributed by atoms with E-state index < -0.39 is 0 Å². The Kier molecular flexibility index (Phi) is 3.15. The molecule has 0 aliphatic rings. The molecule has 4 nitrogen and oxygen atoms in total. The van der Waals surface area contributed by atoms with E-state index in [1.165, 1.54) is 0 Å². The molecule has 0 atom stereocenters. The normalized spacial score (nSPS) is 10.3. The zero-order valence-electron chi connectivity index (χ0n) is 9.44. The molecule has 17 heavy (non-hydrogen) atoms. The standard InChI is InChI=1S/C12H11ClN2O2/c1-7-10(13)12(16)15-11(14-7)8-3-5-9(17-2)6-4-8/h3-6H,1-2H3,(H,14,15,16). The largest absolute Gasteiger partial charge is 0.497 e. The molecule has 0 unspecified atom stereocenters. The summed E-state index contributed by atoms with van der Waals surface area (Å²) in [4.78, 5) is 8.15. The minimum atomic E-state index is -0.204. The fourth-order valence-corrected chi connectivity index (χ4v) is 1.50. The van der Waals surface area contributed by atoms with Crippen molar-refractivity contribution in [1.29, 1.82) is 0 Å². The van der Waals surface area contributed by atoms with Crippen LogP contribution >= 0.6 is 11.6 Å². The van der Waals surface area contributed by atoms with Crippen LogP contribution in [0, 0.1) is 6.92 Å². The summed E-state index contributed by atoms with van der Waals surface area (Å²) in [6.45, 7) is 1.72. The van der Waals surface area contributed by atoms with E-state index in [-0.39, 0.29) is 10.9 Å². The maximum absolute atomic E-state index is 9.54. The predicted octanol–water partition coefficient (Wildman–Crippen LogP) is 2.82. The fraction of sp³-hybridized carbons (Fsp3) is 0.167. The van der Waals surface area contributed by atoms with Gasteiger partial charge in [0.2, 0.25) is 5.88 Å². The van der Waals surface area contributed by atoms with Crippen molar-refractivity contribution in [2.75, 3.05) is 7.11 Å². The minimum absolute atomic E-state index is 0.183. The number of hydrogen-bond acceptors (Lipinski definition) is 4. The molecule has 0 fully saturated rings. The van der Waals surface area contributed by atoms with Gasteiger partial charge in [0.05, 0.1) is 12.8 Å². The lowest BCUT2D eigenvalue weighted by Gasteiger charge is -2.05. The lowest BCUT2D eigenvalue weighted by molar-refractivity contribution is 0.415. The lowest BCUT2D eigenvalue weighted by Crippen LogP contribution is -1.93. The van der Waals surface area contributed by atoms with Gasteiger partial charge in [-0.25, -0.2) is 4.98 Å². The second-order valence-electron chi connectivity index (χ2n) is 3.50. The second-order valence-corrected chi connectivity index (χ2v) is 3.88. The maximum atomic E-state index is 9.54. The Hall–Kier alpha value is -1.81. The zero-order valence-corrected chi connectivity index (χ0v) is 10.2. The van der Waals surface area contributed by atoms with E-state index in [0.717, 1.165) is 11.3 Å². The molecule has 1 aromatic heterocycles. The van der Waals surface area contributed by atoms with Gasteiger partial charge in [0.25, 0.3) is 0 Å². The molecule has 0 aliphatic carbocycles. The van der Waals surface area contributed by atoms with Crippen LogP contribution in [0.3, 0.4) is 0 Å². The number of aryl methyl sites for hydroxylation is 1. The summed E-state index contributed by atoms with van der Waals surface area (Å²) in [6.07, 6.45) is 0. The smallest absolute Gasteiger partial charge is 0.234 e. The molecule has 0 radical (unpaired) electrons. The van der Waals surface area contributed by atoms with Crippen LogP contribution < -0.4 is 4.74 Å². The van der Waals surface area contributed by atoms with Gasteiger partial charge in [-0.3, -0.25) is 0 Å². The summed E-state index contributed by atoms with van der Waals surface area (Å²) in [5.74, 6) is 0.987. The van der Waals surface area contributed by atoms with Gasteiger partial charge in [0.1, 0.15) is 10.8 Å². The summed E-state index contributed by atoms with van der Waals surface area (Å²) in [5, 5.41) is 9.72. The number of methoxy groups -OCH3 is 1. The first-order valence-corrected chi connectivity index (χ1v) is 5.37. The molecule has 0 spiro atoms. The third kappa shape index (κ3) is 2.31. The van der Waals surface area contributed by atoms with E-state index in [0.29, 0.717) is 11.5 Å². The Morgan fingerprint density at radius 2 is 1.82 bits per heavy atom. The average Bonchev–Trinajstić information content (AvgIpc) is 2.35. The van der Waals surface area contributed by atoms with Crippen LogP contribution in [0.15, 0.2) is 24.3 Å². The molecule has 2 aromatic rings. The van der Waals surface area contributed by atoms with Crippen molar-refractivity contribution in [3.63, 3.8) is 0 Å². The van der Waals surface area contributed by atoms with E-state index in [1.807, 2.05) is 12.1 Å². The van der Waals surface area contributed by atoms with Crippen molar-refractivity contribution in [1.82, 2.24) is 9.97 Å². The van der Waals surface area contributed by atoms with Crippen LogP contribution in [0.25, 0.3) is 11.4 Å². The quantitative estimate of drug-likeness (QED) is 0.891. The molecule has 1 N–H and O–H groups in total. The number of nitrogens with zero attached hydrogens (tertiary/aromatic N) is 2. The number of rotatable bonds is 2. The summed E-state index contributed by atoms with van der Waals surface area (Å²) in [5.41, 5.74) is 1.34. The Morgan fingerprint density at radius 1 is 1.18 bits per heavy atom. The van der Waals surface area contributed by atoms with Gasteiger partial charge in [0, 0.05) is 5.56 Å². The van der Waals surface area contributed by atoms with Gasteiger partial charge in [-0.1, -0.05) is 11.6 Å². The molecular formula is C12H11ClN2O2. The minimum Gasteiger partial charge on any atom is -0.497 e. The highest BCUT2D eigenvalue weighted by Crippen LogP contribution is 2.27. The van der Waals surface area contributed by atoms with Gasteiger partial charge >= 0.3 is 0 Å². The predicted molar refractivity (Wildman–Crippen MR) is 65.4 cm³/mol. The van der Waals surface area contributed by atoms with Crippen molar-refractivity contribution in [3.05, 3.63) is 35.0 Å². The van der Waals surface area contributed by atoms with Crippen LogP contribution in [0.2, 0.25) is 5.02 Å². The number of halogens is 1. The number of aromatic hydroxyl groups is 1. The molecule has 88 valence electrons. The fourth-order valence-electron chi connectivity index (χ4n) is 1.41. The molecule has 0 bridgehead atoms. The molecule has 0 aliphatic heterocycles. The van der Waals surface area contributed by atoms with Crippen LogP contribution in [-0.2, 0) is 0 Å². The third-order valence-electron chi connectivity index (χ3n) is 2.35. The maximum Gasteiger partial charge on any atom is 0.234 e. The highest BCUT2D eigenvalue weighted by atomic mass is 35.5. The SMILES string of the molecule is COc1ccc(-c2nc(C)c(Cl)c(O)n2)cc1. The van der Waals surface area contributed by atoms with Gasteiger partial charge in [-0.15, -0.1) is 0 Å². The van der Waals surface area contributed by atoms with Gasteiger partial charge < -0.3 is 9.84 Å². The molecule has 5 heteroatoms. The molecule has 2 rings (SSSR count). The van der Waals surface area contributed by atoms with E-state index in [9.17, 15) is 5.11 Å². The Morgan fingerprint density at radius 3 is 2.35 bits per heavy atom. The Labute approximate surface area is 104 Å². The first-order valence-electron chi connectivity index (χ1n) is 4.99. The highest BCUT2D eigenvalue weighted by Gasteiger charge is 2.09. The Balaban J connectivity index is 2.45. The molecular weight excluding hydrogens is 240 g/mol. The van der Waals surface area contributed by atoms with Crippen LogP contribution in [-0.4, -0.2) is 22.2 Å². The van der Waals surface area contributed by atoms with Crippen molar-refractivity contribution in [2.24, 2.45) is 0 Å². The van der Waals surface area contributed by atoms with Crippen molar-refractivity contribution in [2.45, 2.75) is 6.92 Å². The van der Waals surface area contributed by atoms with E-state index in [2.05, 4.69) is 9.97 Å². The molecule has 0 amide bonds. The third-order valence-corrected chi connectivity index (χ3v) is 2.79. The highest BCUT2D eigenvalue weighted by molar-refractivity contribution is 6.32. The number of ether oxygens (including phenoxy) is 1. The summed E-state index contributed by atoms with van der Waals surface area (Å²) >= 11 is 5.79. The first kappa shape index (κ1) is 11.7. The second kappa shape index (κ2) is 4.59. The van der Waals surface area contributed by atoms with Crippen molar-refractivity contribution in [3.8, 4) is 23.0 Å². The molecule has 0 saturated heterocycles. The average molecular weight is 251 g/mol. The number of hydrogen-bond donors (Lipinski definition) is 1.